The molecule has 0 aromatic heterocycles. The molecule has 28 heavy (non-hydrogen) atoms. The van der Waals surface area contributed by atoms with Crippen molar-refractivity contribution >= 4 is 17.6 Å². The number of para-hydroxylation sites is 3. The van der Waals surface area contributed by atoms with Crippen molar-refractivity contribution < 1.29 is 23.5 Å². The Kier molecular flexibility index (Phi) is 6.36. The van der Waals surface area contributed by atoms with Crippen LogP contribution in [0.1, 0.15) is 5.56 Å². The molecule has 5 nitrogen and oxygen atoms in total. The summed E-state index contributed by atoms with van der Waals surface area (Å²) in [6.07, 6.45) is -0.0404. The van der Waals surface area contributed by atoms with E-state index in [1.54, 1.807) is 36.4 Å². The molecule has 3 rings (SSSR count). The topological polar surface area (TPSA) is 64.6 Å². The number of ether oxygens (including phenoxy) is 2. The van der Waals surface area contributed by atoms with E-state index in [4.69, 9.17) is 9.47 Å². The maximum atomic E-state index is 12.9. The van der Waals surface area contributed by atoms with Gasteiger partial charge in [-0.15, -0.1) is 0 Å². The molecule has 0 radical (unpaired) electrons. The van der Waals surface area contributed by atoms with Gasteiger partial charge in [0.25, 0.3) is 5.91 Å². The average molecular weight is 379 g/mol. The average Bonchev–Trinajstić information content (AvgIpc) is 2.70. The molecule has 3 aromatic carbocycles. The Bertz CT molecular complexity index is 942. The number of halogens is 1. The molecule has 0 atom stereocenters. The SMILES string of the molecule is O=C(COC(=O)Cc1ccc(F)cc1)Nc1ccccc1Oc1ccccc1. The van der Waals surface area contributed by atoms with Crippen LogP contribution in [0.4, 0.5) is 10.1 Å². The predicted molar refractivity (Wildman–Crippen MR) is 103 cm³/mol. The third-order valence-corrected chi connectivity index (χ3v) is 3.76. The van der Waals surface area contributed by atoms with Gasteiger partial charge < -0.3 is 14.8 Å². The first-order valence-electron chi connectivity index (χ1n) is 8.62. The molecule has 0 aliphatic carbocycles. The summed E-state index contributed by atoms with van der Waals surface area (Å²) in [4.78, 5) is 24.0. The largest absolute Gasteiger partial charge is 0.455 e. The van der Waals surface area contributed by atoms with Gasteiger partial charge in [0.05, 0.1) is 12.1 Å². The Balaban J connectivity index is 1.53. The first-order valence-corrected chi connectivity index (χ1v) is 8.62. The first kappa shape index (κ1) is 19.1. The highest BCUT2D eigenvalue weighted by molar-refractivity contribution is 5.94. The third-order valence-electron chi connectivity index (χ3n) is 3.76. The van der Waals surface area contributed by atoms with Crippen LogP contribution in [0.25, 0.3) is 0 Å². The van der Waals surface area contributed by atoms with Crippen molar-refractivity contribution in [2.75, 3.05) is 11.9 Å². The van der Waals surface area contributed by atoms with Gasteiger partial charge in [0, 0.05) is 0 Å². The number of hydrogen-bond donors (Lipinski definition) is 1. The summed E-state index contributed by atoms with van der Waals surface area (Å²) < 4.78 is 23.6. The van der Waals surface area contributed by atoms with Crippen molar-refractivity contribution in [3.8, 4) is 11.5 Å². The van der Waals surface area contributed by atoms with Gasteiger partial charge in [-0.25, -0.2) is 4.39 Å². The maximum absolute atomic E-state index is 12.9. The Morgan fingerprint density at radius 2 is 1.54 bits per heavy atom. The zero-order valence-corrected chi connectivity index (χ0v) is 14.9. The first-order chi connectivity index (χ1) is 13.6. The van der Waals surface area contributed by atoms with Crippen molar-refractivity contribution in [1.82, 2.24) is 0 Å². The predicted octanol–water partition coefficient (Wildman–Crippen LogP) is 4.34. The molecule has 1 amide bonds. The fourth-order valence-electron chi connectivity index (χ4n) is 2.43. The molecule has 0 bridgehead atoms. The second-order valence-corrected chi connectivity index (χ2v) is 5.92. The molecular weight excluding hydrogens is 361 g/mol. The van der Waals surface area contributed by atoms with Crippen LogP contribution in [0.3, 0.4) is 0 Å². The van der Waals surface area contributed by atoms with E-state index < -0.39 is 18.5 Å². The molecule has 0 aliphatic heterocycles. The second kappa shape index (κ2) is 9.32. The Labute approximate surface area is 161 Å². The van der Waals surface area contributed by atoms with Gasteiger partial charge in [0.1, 0.15) is 11.6 Å². The number of anilines is 1. The lowest BCUT2D eigenvalue weighted by Crippen LogP contribution is -2.21. The summed E-state index contributed by atoms with van der Waals surface area (Å²) in [6.45, 7) is -0.431. The van der Waals surface area contributed by atoms with E-state index in [0.29, 0.717) is 22.7 Å². The lowest BCUT2D eigenvalue weighted by Gasteiger charge is -2.12. The van der Waals surface area contributed by atoms with E-state index in [9.17, 15) is 14.0 Å². The molecule has 0 fully saturated rings. The summed E-state index contributed by atoms with van der Waals surface area (Å²) in [5, 5.41) is 2.67. The van der Waals surface area contributed by atoms with Gasteiger partial charge in [-0.1, -0.05) is 42.5 Å². The smallest absolute Gasteiger partial charge is 0.310 e. The van der Waals surface area contributed by atoms with Gasteiger partial charge in [-0.3, -0.25) is 9.59 Å². The number of amides is 1. The van der Waals surface area contributed by atoms with Crippen molar-refractivity contribution in [3.05, 3.63) is 90.2 Å². The van der Waals surface area contributed by atoms with Gasteiger partial charge >= 0.3 is 5.97 Å². The highest BCUT2D eigenvalue weighted by atomic mass is 19.1. The summed E-state index contributed by atoms with van der Waals surface area (Å²) in [7, 11) is 0. The number of carbonyl (C=O) groups is 2. The molecule has 142 valence electrons. The van der Waals surface area contributed by atoms with E-state index in [-0.39, 0.29) is 12.2 Å². The maximum Gasteiger partial charge on any atom is 0.310 e. The fraction of sp³-hybridized carbons (Fsp3) is 0.0909. The highest BCUT2D eigenvalue weighted by Gasteiger charge is 2.12. The molecular formula is C22H18FNO4. The van der Waals surface area contributed by atoms with Gasteiger partial charge in [-0.2, -0.15) is 0 Å². The van der Waals surface area contributed by atoms with E-state index in [1.807, 2.05) is 18.2 Å². The lowest BCUT2D eigenvalue weighted by atomic mass is 10.1. The molecule has 0 heterocycles. The third kappa shape index (κ3) is 5.67. The summed E-state index contributed by atoms with van der Waals surface area (Å²) in [6, 6.07) is 21.6. The van der Waals surface area contributed by atoms with Crippen LogP contribution in [0, 0.1) is 5.82 Å². The minimum atomic E-state index is -0.574. The molecule has 3 aromatic rings. The minimum Gasteiger partial charge on any atom is -0.455 e. The number of esters is 1. The number of carbonyl (C=O) groups excluding carboxylic acids is 2. The standard InChI is InChI=1S/C22H18FNO4/c23-17-12-10-16(11-13-17)14-22(26)27-15-21(25)24-19-8-4-5-9-20(19)28-18-6-2-1-3-7-18/h1-13H,14-15H2,(H,24,25). The number of rotatable bonds is 7. The van der Waals surface area contributed by atoms with E-state index in [0.717, 1.165) is 0 Å². The molecule has 6 heteroatoms. The van der Waals surface area contributed by atoms with Crippen LogP contribution < -0.4 is 10.1 Å². The minimum absolute atomic E-state index is 0.0404. The Hall–Kier alpha value is -3.67. The van der Waals surface area contributed by atoms with Crippen LogP contribution in [0.2, 0.25) is 0 Å². The molecule has 0 unspecified atom stereocenters. The fourth-order valence-corrected chi connectivity index (χ4v) is 2.43. The highest BCUT2D eigenvalue weighted by Crippen LogP contribution is 2.28. The van der Waals surface area contributed by atoms with Crippen molar-refractivity contribution in [2.45, 2.75) is 6.42 Å². The van der Waals surface area contributed by atoms with Crippen LogP contribution in [0.15, 0.2) is 78.9 Å². The van der Waals surface area contributed by atoms with Crippen LogP contribution in [-0.2, 0) is 20.7 Å². The Morgan fingerprint density at radius 1 is 0.857 bits per heavy atom. The van der Waals surface area contributed by atoms with Crippen molar-refractivity contribution in [3.63, 3.8) is 0 Å². The monoisotopic (exact) mass is 379 g/mol. The van der Waals surface area contributed by atoms with Gasteiger partial charge in [0.15, 0.2) is 12.4 Å². The van der Waals surface area contributed by atoms with Crippen molar-refractivity contribution in [1.29, 1.82) is 0 Å². The molecule has 0 aliphatic rings. The van der Waals surface area contributed by atoms with E-state index >= 15 is 0 Å². The molecule has 0 saturated heterocycles. The number of nitrogens with one attached hydrogen (secondary N) is 1. The zero-order valence-electron chi connectivity index (χ0n) is 14.9. The van der Waals surface area contributed by atoms with Gasteiger partial charge in [-0.05, 0) is 42.0 Å². The van der Waals surface area contributed by atoms with Gasteiger partial charge in [0.2, 0.25) is 0 Å². The Morgan fingerprint density at radius 3 is 2.29 bits per heavy atom. The van der Waals surface area contributed by atoms with Crippen LogP contribution in [-0.4, -0.2) is 18.5 Å². The summed E-state index contributed by atoms with van der Waals surface area (Å²) >= 11 is 0. The van der Waals surface area contributed by atoms with E-state index in [2.05, 4.69) is 5.32 Å². The van der Waals surface area contributed by atoms with Crippen LogP contribution >= 0.6 is 0 Å². The summed E-state index contributed by atoms with van der Waals surface area (Å²) in [5.41, 5.74) is 1.07. The van der Waals surface area contributed by atoms with Crippen molar-refractivity contribution in [2.24, 2.45) is 0 Å². The number of benzene rings is 3. The van der Waals surface area contributed by atoms with Crippen LogP contribution in [0.5, 0.6) is 11.5 Å². The molecule has 0 saturated carbocycles. The lowest BCUT2D eigenvalue weighted by molar-refractivity contribution is -0.146. The second-order valence-electron chi connectivity index (χ2n) is 5.92. The summed E-state index contributed by atoms with van der Waals surface area (Å²) in [5.74, 6) is -0.338. The molecule has 0 spiro atoms. The quantitative estimate of drug-likeness (QED) is 0.620. The number of hydrogen-bond acceptors (Lipinski definition) is 4. The normalized spacial score (nSPS) is 10.2. The molecule has 1 N–H and O–H groups in total. The van der Waals surface area contributed by atoms with E-state index in [1.165, 1.54) is 24.3 Å². The zero-order chi connectivity index (χ0) is 19.8.